The number of nitrogens with zero attached hydrogens (tertiary/aromatic N) is 2. The van der Waals surface area contributed by atoms with Crippen molar-refractivity contribution in [3.05, 3.63) is 18.0 Å². The number of hydrogen-bond donors (Lipinski definition) is 1. The van der Waals surface area contributed by atoms with E-state index in [4.69, 9.17) is 4.74 Å². The molecule has 1 aliphatic carbocycles. The van der Waals surface area contributed by atoms with Crippen molar-refractivity contribution < 1.29 is 4.74 Å². The molecule has 0 saturated heterocycles. The minimum absolute atomic E-state index is 0.250. The average molecular weight is 223 g/mol. The fraction of sp³-hybridized carbons (Fsp3) is 0.750. The van der Waals surface area contributed by atoms with Crippen molar-refractivity contribution in [2.45, 2.75) is 31.9 Å². The van der Waals surface area contributed by atoms with E-state index < -0.39 is 0 Å². The summed E-state index contributed by atoms with van der Waals surface area (Å²) >= 11 is 0. The van der Waals surface area contributed by atoms with Gasteiger partial charge in [0.1, 0.15) is 0 Å². The van der Waals surface area contributed by atoms with Gasteiger partial charge in [0.15, 0.2) is 0 Å². The minimum Gasteiger partial charge on any atom is -0.376 e. The van der Waals surface area contributed by atoms with Crippen LogP contribution in [0.15, 0.2) is 12.3 Å². The summed E-state index contributed by atoms with van der Waals surface area (Å²) in [5.41, 5.74) is 1.20. The summed E-state index contributed by atoms with van der Waals surface area (Å²) < 4.78 is 7.82. The molecule has 2 unspecified atom stereocenters. The molecule has 2 rings (SSSR count). The molecule has 1 heterocycles. The molecule has 1 saturated carbocycles. The molecule has 1 N–H and O–H groups in total. The van der Waals surface area contributed by atoms with E-state index in [1.165, 1.54) is 18.5 Å². The van der Waals surface area contributed by atoms with Crippen LogP contribution >= 0.6 is 0 Å². The van der Waals surface area contributed by atoms with Crippen molar-refractivity contribution in [3.8, 4) is 0 Å². The van der Waals surface area contributed by atoms with Crippen molar-refractivity contribution in [2.24, 2.45) is 13.0 Å². The van der Waals surface area contributed by atoms with Gasteiger partial charge in [0.2, 0.25) is 0 Å². The molecule has 4 nitrogen and oxygen atoms in total. The zero-order valence-electron chi connectivity index (χ0n) is 10.3. The van der Waals surface area contributed by atoms with Gasteiger partial charge in [-0.25, -0.2) is 0 Å². The fourth-order valence-corrected chi connectivity index (χ4v) is 2.29. The topological polar surface area (TPSA) is 39.1 Å². The molecule has 0 bridgehead atoms. The van der Waals surface area contributed by atoms with Crippen LogP contribution in [-0.4, -0.2) is 29.5 Å². The molecule has 2 atom stereocenters. The van der Waals surface area contributed by atoms with Crippen molar-refractivity contribution in [3.63, 3.8) is 0 Å². The fourth-order valence-electron chi connectivity index (χ4n) is 2.29. The first-order chi connectivity index (χ1) is 7.77. The molecule has 90 valence electrons. The zero-order chi connectivity index (χ0) is 11.5. The van der Waals surface area contributed by atoms with Gasteiger partial charge in [0, 0.05) is 19.9 Å². The summed E-state index contributed by atoms with van der Waals surface area (Å²) in [5.74, 6) is 0.715. The minimum atomic E-state index is 0.250. The normalized spacial score (nSPS) is 19.7. The Morgan fingerprint density at radius 1 is 1.62 bits per heavy atom. The molecule has 1 fully saturated rings. The summed E-state index contributed by atoms with van der Waals surface area (Å²) in [5, 5.41) is 7.59. The smallest absolute Gasteiger partial charge is 0.0812 e. The van der Waals surface area contributed by atoms with E-state index in [1.807, 2.05) is 25.0 Å². The maximum absolute atomic E-state index is 5.89. The second-order valence-electron chi connectivity index (χ2n) is 4.40. The van der Waals surface area contributed by atoms with Gasteiger partial charge in [-0.2, -0.15) is 5.10 Å². The van der Waals surface area contributed by atoms with Gasteiger partial charge in [-0.15, -0.1) is 0 Å². The van der Waals surface area contributed by atoms with Crippen LogP contribution in [0.25, 0.3) is 0 Å². The van der Waals surface area contributed by atoms with E-state index >= 15 is 0 Å². The van der Waals surface area contributed by atoms with Crippen molar-refractivity contribution in [1.82, 2.24) is 15.1 Å². The summed E-state index contributed by atoms with van der Waals surface area (Å²) in [6.07, 6.45) is 4.71. The number of rotatable bonds is 6. The van der Waals surface area contributed by atoms with Crippen molar-refractivity contribution in [1.29, 1.82) is 0 Å². The maximum atomic E-state index is 5.89. The average Bonchev–Trinajstić information content (AvgIpc) is 3.03. The lowest BCUT2D eigenvalue weighted by Gasteiger charge is -2.26. The van der Waals surface area contributed by atoms with Gasteiger partial charge < -0.3 is 10.1 Å². The Balaban J connectivity index is 2.16. The highest BCUT2D eigenvalue weighted by Gasteiger charge is 2.38. The third-order valence-corrected chi connectivity index (χ3v) is 3.26. The molecule has 1 aliphatic rings. The summed E-state index contributed by atoms with van der Waals surface area (Å²) in [7, 11) is 3.97. The monoisotopic (exact) mass is 223 g/mol. The lowest BCUT2D eigenvalue weighted by atomic mass is 10.0. The van der Waals surface area contributed by atoms with E-state index in [2.05, 4.69) is 23.4 Å². The maximum Gasteiger partial charge on any atom is 0.0812 e. The highest BCUT2D eigenvalue weighted by atomic mass is 16.5. The third-order valence-electron chi connectivity index (χ3n) is 3.26. The van der Waals surface area contributed by atoms with Gasteiger partial charge in [0.05, 0.1) is 17.8 Å². The molecule has 0 spiro atoms. The Bertz CT molecular complexity index is 333. The molecular weight excluding hydrogens is 202 g/mol. The number of hydrogen-bond acceptors (Lipinski definition) is 3. The molecular formula is C12H21N3O. The van der Waals surface area contributed by atoms with Gasteiger partial charge in [-0.3, -0.25) is 4.68 Å². The predicted molar refractivity (Wildman–Crippen MR) is 63.1 cm³/mol. The Morgan fingerprint density at radius 3 is 2.81 bits per heavy atom. The van der Waals surface area contributed by atoms with Crippen LogP contribution in [0.3, 0.4) is 0 Å². The number of aryl methyl sites for hydroxylation is 1. The van der Waals surface area contributed by atoms with Crippen LogP contribution in [0.4, 0.5) is 0 Å². The van der Waals surface area contributed by atoms with E-state index in [0.717, 1.165) is 6.61 Å². The van der Waals surface area contributed by atoms with Gasteiger partial charge in [0.25, 0.3) is 0 Å². The lowest BCUT2D eigenvalue weighted by molar-refractivity contribution is 0.0185. The second kappa shape index (κ2) is 4.97. The highest BCUT2D eigenvalue weighted by Crippen LogP contribution is 2.39. The summed E-state index contributed by atoms with van der Waals surface area (Å²) in [6, 6.07) is 2.31. The standard InChI is InChI=1S/C12H21N3O/c1-4-16-12(9-5-6-9)11(13-2)10-7-8-14-15(10)3/h7-9,11-13H,4-6H2,1-3H3. The molecule has 0 amide bonds. The number of ether oxygens (including phenoxy) is 1. The Hall–Kier alpha value is -0.870. The Labute approximate surface area is 97.0 Å². The van der Waals surface area contributed by atoms with E-state index in [-0.39, 0.29) is 12.1 Å². The van der Waals surface area contributed by atoms with Crippen LogP contribution in [0.5, 0.6) is 0 Å². The molecule has 1 aromatic rings. The van der Waals surface area contributed by atoms with Crippen LogP contribution in [0, 0.1) is 5.92 Å². The summed E-state index contributed by atoms with van der Waals surface area (Å²) in [6.45, 7) is 2.84. The molecule has 16 heavy (non-hydrogen) atoms. The zero-order valence-corrected chi connectivity index (χ0v) is 10.3. The van der Waals surface area contributed by atoms with E-state index in [0.29, 0.717) is 5.92 Å². The van der Waals surface area contributed by atoms with Crippen molar-refractivity contribution >= 4 is 0 Å². The summed E-state index contributed by atoms with van der Waals surface area (Å²) in [4.78, 5) is 0. The quantitative estimate of drug-likeness (QED) is 0.794. The molecule has 1 aromatic heterocycles. The van der Waals surface area contributed by atoms with Crippen LogP contribution in [0.2, 0.25) is 0 Å². The van der Waals surface area contributed by atoms with Gasteiger partial charge in [-0.1, -0.05) is 0 Å². The first-order valence-electron chi connectivity index (χ1n) is 6.04. The molecule has 0 aliphatic heterocycles. The number of aromatic nitrogens is 2. The largest absolute Gasteiger partial charge is 0.376 e. The van der Waals surface area contributed by atoms with Crippen LogP contribution in [-0.2, 0) is 11.8 Å². The Morgan fingerprint density at radius 2 is 2.38 bits per heavy atom. The van der Waals surface area contributed by atoms with E-state index in [9.17, 15) is 0 Å². The van der Waals surface area contributed by atoms with Gasteiger partial charge in [-0.05, 0) is 38.8 Å². The number of likely N-dealkylation sites (N-methyl/N-ethyl adjacent to an activating group) is 1. The lowest BCUT2D eigenvalue weighted by Crippen LogP contribution is -2.34. The first-order valence-corrected chi connectivity index (χ1v) is 6.04. The molecule has 0 radical (unpaired) electrons. The van der Waals surface area contributed by atoms with Crippen LogP contribution < -0.4 is 5.32 Å². The van der Waals surface area contributed by atoms with Gasteiger partial charge >= 0.3 is 0 Å². The van der Waals surface area contributed by atoms with Crippen LogP contribution in [0.1, 0.15) is 31.5 Å². The predicted octanol–water partition coefficient (Wildman–Crippen LogP) is 1.50. The third kappa shape index (κ3) is 2.28. The molecule has 4 heteroatoms. The second-order valence-corrected chi connectivity index (χ2v) is 4.40. The van der Waals surface area contributed by atoms with Crippen molar-refractivity contribution in [2.75, 3.05) is 13.7 Å². The molecule has 0 aromatic carbocycles. The highest BCUT2D eigenvalue weighted by molar-refractivity contribution is 5.10. The van der Waals surface area contributed by atoms with E-state index in [1.54, 1.807) is 0 Å². The SMILES string of the molecule is CCOC(C1CC1)C(NC)c1ccnn1C. The Kier molecular flexibility index (Phi) is 3.61. The number of nitrogens with one attached hydrogen (secondary N) is 1. The first kappa shape index (κ1) is 11.6.